The highest BCUT2D eigenvalue weighted by atomic mass is 127. The van der Waals surface area contributed by atoms with Crippen molar-refractivity contribution in [2.75, 3.05) is 6.54 Å². The van der Waals surface area contributed by atoms with Crippen LogP contribution in [-0.2, 0) is 13.0 Å². The number of rotatable bonds is 5. The van der Waals surface area contributed by atoms with Crippen LogP contribution < -0.4 is 11.1 Å². The van der Waals surface area contributed by atoms with Crippen molar-refractivity contribution in [3.05, 3.63) is 70.7 Å². The van der Waals surface area contributed by atoms with E-state index in [4.69, 9.17) is 17.3 Å². The predicted molar refractivity (Wildman–Crippen MR) is 100 cm³/mol. The molecule has 0 atom stereocenters. The lowest BCUT2D eigenvalue weighted by Gasteiger charge is -2.07. The van der Waals surface area contributed by atoms with Gasteiger partial charge in [0.1, 0.15) is 0 Å². The molecule has 0 saturated heterocycles. The highest BCUT2D eigenvalue weighted by Gasteiger charge is 1.99. The average Bonchev–Trinajstić information content (AvgIpc) is 2.48. The molecule has 0 fully saturated rings. The summed E-state index contributed by atoms with van der Waals surface area (Å²) in [6, 6.07) is 17.8. The van der Waals surface area contributed by atoms with Gasteiger partial charge in [-0.05, 0) is 23.6 Å². The number of hydrogen-bond acceptors (Lipinski definition) is 1. The molecule has 0 spiro atoms. The average molecular weight is 416 g/mol. The van der Waals surface area contributed by atoms with Gasteiger partial charge in [-0.3, -0.25) is 0 Å². The summed E-state index contributed by atoms with van der Waals surface area (Å²) >= 11 is 6.09. The van der Waals surface area contributed by atoms with Crippen molar-refractivity contribution in [2.45, 2.75) is 13.0 Å². The zero-order chi connectivity index (χ0) is 14.2. The Morgan fingerprint density at radius 1 is 1.05 bits per heavy atom. The van der Waals surface area contributed by atoms with Gasteiger partial charge in [-0.15, -0.1) is 24.0 Å². The molecule has 0 bridgehead atoms. The molecule has 2 aromatic carbocycles. The summed E-state index contributed by atoms with van der Waals surface area (Å²) in [6.07, 6.45) is 0.821. The second kappa shape index (κ2) is 9.63. The molecule has 2 aromatic rings. The van der Waals surface area contributed by atoms with E-state index in [-0.39, 0.29) is 24.0 Å². The predicted octanol–water partition coefficient (Wildman–Crippen LogP) is 3.61. The number of nitrogens with one attached hydrogen (secondary N) is 1. The maximum atomic E-state index is 6.09. The third-order valence-corrected chi connectivity index (χ3v) is 3.30. The molecule has 0 radical (unpaired) electrons. The van der Waals surface area contributed by atoms with Crippen LogP contribution in [0.25, 0.3) is 0 Å². The highest BCUT2D eigenvalue weighted by Crippen LogP contribution is 2.14. The van der Waals surface area contributed by atoms with Crippen LogP contribution in [0.15, 0.2) is 59.6 Å². The van der Waals surface area contributed by atoms with Gasteiger partial charge >= 0.3 is 0 Å². The van der Waals surface area contributed by atoms with Gasteiger partial charge in [0.15, 0.2) is 5.96 Å². The van der Waals surface area contributed by atoms with E-state index in [0.717, 1.165) is 22.6 Å². The summed E-state index contributed by atoms with van der Waals surface area (Å²) < 4.78 is 0. The van der Waals surface area contributed by atoms with Crippen molar-refractivity contribution < 1.29 is 0 Å². The fraction of sp³-hybridized carbons (Fsp3) is 0.188. The number of nitrogens with two attached hydrogens (primary N) is 1. The van der Waals surface area contributed by atoms with Gasteiger partial charge < -0.3 is 11.1 Å². The fourth-order valence-electron chi connectivity index (χ4n) is 1.84. The van der Waals surface area contributed by atoms with Crippen molar-refractivity contribution in [2.24, 2.45) is 10.7 Å². The Kier molecular flexibility index (Phi) is 8.15. The number of halogens is 2. The van der Waals surface area contributed by atoms with Crippen LogP contribution >= 0.6 is 35.6 Å². The number of benzene rings is 2. The largest absolute Gasteiger partial charge is 0.370 e. The standard InChI is InChI=1S/C16H18ClN3.HI/c17-15-9-5-4-8-14(15)10-11-19-16(18)20-12-13-6-2-1-3-7-13;/h1-9H,10-12H2,(H3,18,19,20);1H. The van der Waals surface area contributed by atoms with Gasteiger partial charge in [-0.2, -0.15) is 0 Å². The molecule has 0 aliphatic carbocycles. The SMILES string of the molecule is I.NC(=NCc1ccccc1)NCCc1ccccc1Cl. The minimum Gasteiger partial charge on any atom is -0.370 e. The van der Waals surface area contributed by atoms with E-state index in [1.165, 1.54) is 0 Å². The maximum absolute atomic E-state index is 6.09. The van der Waals surface area contributed by atoms with Crippen molar-refractivity contribution in [1.29, 1.82) is 0 Å². The Balaban J connectivity index is 0.00000220. The van der Waals surface area contributed by atoms with Gasteiger partial charge in [0.05, 0.1) is 6.54 Å². The molecule has 0 aliphatic heterocycles. The lowest BCUT2D eigenvalue weighted by molar-refractivity contribution is 0.848. The first kappa shape index (κ1) is 17.8. The van der Waals surface area contributed by atoms with Crippen LogP contribution in [0.5, 0.6) is 0 Å². The second-order valence-electron chi connectivity index (χ2n) is 4.46. The molecule has 3 N–H and O–H groups in total. The minimum atomic E-state index is 0. The van der Waals surface area contributed by atoms with Crippen molar-refractivity contribution in [3.63, 3.8) is 0 Å². The maximum Gasteiger partial charge on any atom is 0.188 e. The Morgan fingerprint density at radius 2 is 1.71 bits per heavy atom. The normalized spacial score (nSPS) is 10.8. The molecule has 0 aliphatic rings. The first-order valence-corrected chi connectivity index (χ1v) is 6.94. The monoisotopic (exact) mass is 415 g/mol. The summed E-state index contributed by atoms with van der Waals surface area (Å²) in [5, 5.41) is 3.88. The Labute approximate surface area is 147 Å². The minimum absolute atomic E-state index is 0. The van der Waals surface area contributed by atoms with E-state index in [0.29, 0.717) is 19.0 Å². The van der Waals surface area contributed by atoms with E-state index in [9.17, 15) is 0 Å². The first-order valence-electron chi connectivity index (χ1n) is 6.57. The lowest BCUT2D eigenvalue weighted by atomic mass is 10.1. The summed E-state index contributed by atoms with van der Waals surface area (Å²) in [7, 11) is 0. The van der Waals surface area contributed by atoms with Gasteiger partial charge in [0.25, 0.3) is 0 Å². The van der Waals surface area contributed by atoms with Crippen LogP contribution in [0.1, 0.15) is 11.1 Å². The number of hydrogen-bond donors (Lipinski definition) is 2. The van der Waals surface area contributed by atoms with Crippen LogP contribution in [0, 0.1) is 0 Å². The Morgan fingerprint density at radius 3 is 2.43 bits per heavy atom. The van der Waals surface area contributed by atoms with Gasteiger partial charge in [-0.25, -0.2) is 4.99 Å². The second-order valence-corrected chi connectivity index (χ2v) is 4.86. The van der Waals surface area contributed by atoms with Gasteiger partial charge in [0, 0.05) is 11.6 Å². The van der Waals surface area contributed by atoms with E-state index in [1.807, 2.05) is 54.6 Å². The third kappa shape index (κ3) is 6.35. The van der Waals surface area contributed by atoms with Crippen LogP contribution in [0.2, 0.25) is 5.02 Å². The summed E-state index contributed by atoms with van der Waals surface area (Å²) in [5.41, 5.74) is 8.08. The molecular weight excluding hydrogens is 397 g/mol. The molecule has 0 heterocycles. The summed E-state index contributed by atoms with van der Waals surface area (Å²) in [6.45, 7) is 1.31. The highest BCUT2D eigenvalue weighted by molar-refractivity contribution is 14.0. The van der Waals surface area contributed by atoms with E-state index < -0.39 is 0 Å². The number of guanidine groups is 1. The molecule has 0 unspecified atom stereocenters. The van der Waals surface area contributed by atoms with Crippen LogP contribution in [0.3, 0.4) is 0 Å². The summed E-state index contributed by atoms with van der Waals surface area (Å²) in [5.74, 6) is 0.459. The zero-order valence-corrected chi connectivity index (χ0v) is 14.7. The van der Waals surface area contributed by atoms with E-state index in [2.05, 4.69) is 10.3 Å². The Hall–Kier alpha value is -1.27. The summed E-state index contributed by atoms with van der Waals surface area (Å²) in [4.78, 5) is 4.30. The van der Waals surface area contributed by atoms with Crippen molar-refractivity contribution in [3.8, 4) is 0 Å². The fourth-order valence-corrected chi connectivity index (χ4v) is 2.07. The van der Waals surface area contributed by atoms with Gasteiger partial charge in [0.2, 0.25) is 0 Å². The van der Waals surface area contributed by atoms with Crippen LogP contribution in [-0.4, -0.2) is 12.5 Å². The third-order valence-electron chi connectivity index (χ3n) is 2.93. The van der Waals surface area contributed by atoms with Gasteiger partial charge in [-0.1, -0.05) is 60.1 Å². The molecule has 112 valence electrons. The molecule has 2 rings (SSSR count). The van der Waals surface area contributed by atoms with Crippen molar-refractivity contribution >= 4 is 41.5 Å². The molecule has 0 saturated carbocycles. The molecule has 0 aromatic heterocycles. The molecule has 5 heteroatoms. The topological polar surface area (TPSA) is 50.4 Å². The van der Waals surface area contributed by atoms with E-state index in [1.54, 1.807) is 0 Å². The smallest absolute Gasteiger partial charge is 0.188 e. The zero-order valence-electron chi connectivity index (χ0n) is 11.6. The Bertz CT molecular complexity index is 573. The molecule has 0 amide bonds. The molecule has 3 nitrogen and oxygen atoms in total. The van der Waals surface area contributed by atoms with Crippen LogP contribution in [0.4, 0.5) is 0 Å². The lowest BCUT2D eigenvalue weighted by Crippen LogP contribution is -2.33. The molecule has 21 heavy (non-hydrogen) atoms. The van der Waals surface area contributed by atoms with E-state index >= 15 is 0 Å². The molecular formula is C16H19ClIN3. The van der Waals surface area contributed by atoms with Crippen molar-refractivity contribution in [1.82, 2.24) is 5.32 Å². The number of nitrogens with zero attached hydrogens (tertiary/aromatic N) is 1. The number of aliphatic imine (C=N–C) groups is 1. The quantitative estimate of drug-likeness (QED) is 0.445. The first-order chi connectivity index (χ1) is 9.75.